The van der Waals surface area contributed by atoms with Crippen LogP contribution in [-0.4, -0.2) is 29.8 Å². The third-order valence-electron chi connectivity index (χ3n) is 4.78. The van der Waals surface area contributed by atoms with Gasteiger partial charge in [-0.25, -0.2) is 0 Å². The Hall–Kier alpha value is -2.08. The molecule has 0 unspecified atom stereocenters. The maximum atomic E-state index is 12.7. The number of nitrogens with zero attached hydrogens (tertiary/aromatic N) is 1. The summed E-state index contributed by atoms with van der Waals surface area (Å²) in [5.41, 5.74) is 1.25. The van der Waals surface area contributed by atoms with Crippen LogP contribution in [0.3, 0.4) is 0 Å². The van der Waals surface area contributed by atoms with E-state index in [0.717, 1.165) is 17.1 Å². The Morgan fingerprint density at radius 3 is 2.72 bits per heavy atom. The summed E-state index contributed by atoms with van der Waals surface area (Å²) < 4.78 is 5.22. The van der Waals surface area contributed by atoms with Gasteiger partial charge in [-0.15, -0.1) is 11.3 Å². The van der Waals surface area contributed by atoms with Crippen LogP contribution in [-0.2, 0) is 17.8 Å². The highest BCUT2D eigenvalue weighted by atomic mass is 32.1. The number of hydrogen-bond donors (Lipinski definition) is 1. The van der Waals surface area contributed by atoms with E-state index < -0.39 is 0 Å². The zero-order valence-corrected chi connectivity index (χ0v) is 15.5. The van der Waals surface area contributed by atoms with Gasteiger partial charge in [-0.05, 0) is 49.9 Å². The summed E-state index contributed by atoms with van der Waals surface area (Å²) in [5.74, 6) is 0.863. The van der Waals surface area contributed by atoms with Gasteiger partial charge in [0.1, 0.15) is 5.76 Å². The van der Waals surface area contributed by atoms with Crippen molar-refractivity contribution < 1.29 is 14.0 Å². The summed E-state index contributed by atoms with van der Waals surface area (Å²) in [4.78, 5) is 28.8. The van der Waals surface area contributed by atoms with Gasteiger partial charge in [0.2, 0.25) is 5.91 Å². The average Bonchev–Trinajstić information content (AvgIpc) is 3.28. The van der Waals surface area contributed by atoms with Gasteiger partial charge in [-0.1, -0.05) is 6.92 Å². The molecule has 3 rings (SSSR count). The number of thiophene rings is 1. The molecule has 0 bridgehead atoms. The Morgan fingerprint density at radius 2 is 2.12 bits per heavy atom. The van der Waals surface area contributed by atoms with E-state index in [-0.39, 0.29) is 17.7 Å². The fraction of sp³-hybridized carbons (Fsp3) is 0.474. The normalized spacial score (nSPS) is 15.4. The number of rotatable bonds is 5. The van der Waals surface area contributed by atoms with Gasteiger partial charge in [-0.3, -0.25) is 9.59 Å². The molecule has 134 valence electrons. The molecule has 0 spiro atoms. The topological polar surface area (TPSA) is 62.6 Å². The van der Waals surface area contributed by atoms with E-state index in [1.165, 1.54) is 10.4 Å². The number of hydrogen-bond acceptors (Lipinski definition) is 4. The maximum Gasteiger partial charge on any atom is 0.263 e. The highest BCUT2D eigenvalue weighted by molar-refractivity contribution is 7.14. The molecule has 6 heteroatoms. The van der Waals surface area contributed by atoms with E-state index in [1.54, 1.807) is 17.6 Å². The first-order chi connectivity index (χ1) is 12.1. The van der Waals surface area contributed by atoms with Gasteiger partial charge in [-0.2, -0.15) is 0 Å². The molecule has 2 amide bonds. The van der Waals surface area contributed by atoms with Crippen LogP contribution in [0.15, 0.2) is 28.9 Å². The number of amides is 2. The lowest BCUT2D eigenvalue weighted by Gasteiger charge is -2.31. The lowest BCUT2D eigenvalue weighted by molar-refractivity contribution is -0.126. The fourth-order valence-electron chi connectivity index (χ4n) is 3.21. The molecule has 2 aromatic rings. The van der Waals surface area contributed by atoms with Crippen molar-refractivity contribution in [1.82, 2.24) is 10.2 Å². The van der Waals surface area contributed by atoms with Crippen LogP contribution in [0.4, 0.5) is 0 Å². The largest absolute Gasteiger partial charge is 0.467 e. The molecule has 0 saturated carbocycles. The minimum absolute atomic E-state index is 0.0321. The Morgan fingerprint density at radius 1 is 1.36 bits per heavy atom. The highest BCUT2D eigenvalue weighted by Gasteiger charge is 2.28. The molecule has 0 aromatic carbocycles. The Kier molecular flexibility index (Phi) is 5.58. The molecule has 5 nitrogen and oxygen atoms in total. The van der Waals surface area contributed by atoms with Gasteiger partial charge >= 0.3 is 0 Å². The second-order valence-corrected chi connectivity index (χ2v) is 7.67. The highest BCUT2D eigenvalue weighted by Crippen LogP contribution is 2.26. The smallest absolute Gasteiger partial charge is 0.263 e. The van der Waals surface area contributed by atoms with Crippen LogP contribution >= 0.6 is 11.3 Å². The summed E-state index contributed by atoms with van der Waals surface area (Å²) in [6, 6.07) is 5.67. The van der Waals surface area contributed by atoms with Crippen LogP contribution in [0.2, 0.25) is 0 Å². The van der Waals surface area contributed by atoms with Crippen LogP contribution in [0, 0.1) is 12.8 Å². The number of piperidine rings is 1. The Balaban J connectivity index is 1.50. The van der Waals surface area contributed by atoms with Gasteiger partial charge in [0.15, 0.2) is 0 Å². The standard InChI is InChI=1S/C19H24N2O3S/c1-3-14-11-17(25-13(14)2)19(23)21-8-6-15(7-9-21)18(22)20-12-16-5-4-10-24-16/h4-5,10-11,15H,3,6-9,12H2,1-2H3,(H,20,22). The zero-order valence-electron chi connectivity index (χ0n) is 14.7. The van der Waals surface area contributed by atoms with Crippen LogP contribution < -0.4 is 5.32 Å². The molecule has 1 aliphatic heterocycles. The molecule has 0 radical (unpaired) electrons. The number of nitrogens with one attached hydrogen (secondary N) is 1. The molecular weight excluding hydrogens is 336 g/mol. The predicted molar refractivity (Wildman–Crippen MR) is 97.6 cm³/mol. The van der Waals surface area contributed by atoms with E-state index in [4.69, 9.17) is 4.42 Å². The summed E-state index contributed by atoms with van der Waals surface area (Å²) in [7, 11) is 0. The SMILES string of the molecule is CCc1cc(C(=O)N2CCC(C(=O)NCc3ccco3)CC2)sc1C. The second kappa shape index (κ2) is 7.87. The number of carbonyl (C=O) groups is 2. The first-order valence-corrected chi connectivity index (χ1v) is 9.58. The average molecular weight is 360 g/mol. The minimum Gasteiger partial charge on any atom is -0.467 e. The third-order valence-corrected chi connectivity index (χ3v) is 5.86. The van der Waals surface area contributed by atoms with Crippen molar-refractivity contribution in [2.24, 2.45) is 5.92 Å². The number of furan rings is 1. The quantitative estimate of drug-likeness (QED) is 0.889. The van der Waals surface area contributed by atoms with Crippen LogP contribution in [0.5, 0.6) is 0 Å². The Labute approximate surface area is 152 Å². The zero-order chi connectivity index (χ0) is 17.8. The molecule has 2 aromatic heterocycles. The molecule has 0 atom stereocenters. The molecule has 0 aliphatic carbocycles. The molecular formula is C19H24N2O3S. The lowest BCUT2D eigenvalue weighted by Crippen LogP contribution is -2.42. The molecule has 3 heterocycles. The summed E-state index contributed by atoms with van der Waals surface area (Å²) in [6.07, 6.45) is 3.97. The molecule has 25 heavy (non-hydrogen) atoms. The number of likely N-dealkylation sites (tertiary alicyclic amines) is 1. The van der Waals surface area contributed by atoms with Crippen molar-refractivity contribution in [3.8, 4) is 0 Å². The van der Waals surface area contributed by atoms with E-state index in [9.17, 15) is 9.59 Å². The van der Waals surface area contributed by atoms with Gasteiger partial charge in [0.25, 0.3) is 5.91 Å². The number of carbonyl (C=O) groups excluding carboxylic acids is 2. The molecule has 1 N–H and O–H groups in total. The van der Waals surface area contributed by atoms with Crippen molar-refractivity contribution in [2.75, 3.05) is 13.1 Å². The predicted octanol–water partition coefficient (Wildman–Crippen LogP) is 3.38. The molecule has 1 fully saturated rings. The van der Waals surface area contributed by atoms with Crippen molar-refractivity contribution >= 4 is 23.2 Å². The van der Waals surface area contributed by atoms with Crippen LogP contribution in [0.25, 0.3) is 0 Å². The summed E-state index contributed by atoms with van der Waals surface area (Å²) >= 11 is 1.57. The van der Waals surface area contributed by atoms with Crippen molar-refractivity contribution in [3.05, 3.63) is 45.5 Å². The fourth-order valence-corrected chi connectivity index (χ4v) is 4.29. The molecule has 1 aliphatic rings. The lowest BCUT2D eigenvalue weighted by atomic mass is 9.95. The second-order valence-electron chi connectivity index (χ2n) is 6.41. The summed E-state index contributed by atoms with van der Waals surface area (Å²) in [6.45, 7) is 5.86. The van der Waals surface area contributed by atoms with Crippen molar-refractivity contribution in [1.29, 1.82) is 0 Å². The van der Waals surface area contributed by atoms with E-state index in [2.05, 4.69) is 19.2 Å². The van der Waals surface area contributed by atoms with E-state index >= 15 is 0 Å². The number of aryl methyl sites for hydroxylation is 2. The van der Waals surface area contributed by atoms with Gasteiger partial charge < -0.3 is 14.6 Å². The van der Waals surface area contributed by atoms with Gasteiger partial charge in [0, 0.05) is 23.9 Å². The first-order valence-electron chi connectivity index (χ1n) is 8.77. The third kappa shape index (κ3) is 4.12. The van der Waals surface area contributed by atoms with Crippen molar-refractivity contribution in [2.45, 2.75) is 39.7 Å². The first kappa shape index (κ1) is 17.7. The summed E-state index contributed by atoms with van der Waals surface area (Å²) in [5, 5.41) is 2.91. The minimum atomic E-state index is -0.0321. The van der Waals surface area contributed by atoms with Crippen molar-refractivity contribution in [3.63, 3.8) is 0 Å². The molecule has 1 saturated heterocycles. The van der Waals surface area contributed by atoms with Gasteiger partial charge in [0.05, 0.1) is 17.7 Å². The van der Waals surface area contributed by atoms with Crippen LogP contribution in [0.1, 0.15) is 45.6 Å². The maximum absolute atomic E-state index is 12.7. The Bertz CT molecular complexity index is 728. The monoisotopic (exact) mass is 360 g/mol. The van der Waals surface area contributed by atoms with E-state index in [0.29, 0.717) is 32.5 Å². The van der Waals surface area contributed by atoms with E-state index in [1.807, 2.05) is 23.1 Å².